The van der Waals surface area contributed by atoms with E-state index in [1.165, 1.54) is 21.0 Å². The molecule has 0 bridgehead atoms. The Morgan fingerprint density at radius 1 is 1.21 bits per heavy atom. The number of aromatic amines is 1. The molecule has 1 fully saturated rings. The van der Waals surface area contributed by atoms with Gasteiger partial charge < -0.3 is 23.9 Å². The van der Waals surface area contributed by atoms with Gasteiger partial charge in [0.1, 0.15) is 6.61 Å². The van der Waals surface area contributed by atoms with Crippen LogP contribution in [0.5, 0.6) is 11.5 Å². The van der Waals surface area contributed by atoms with Gasteiger partial charge >= 0.3 is 11.9 Å². The molecule has 4 rings (SSSR count). The van der Waals surface area contributed by atoms with Gasteiger partial charge in [0, 0.05) is 36.9 Å². The lowest BCUT2D eigenvalue weighted by Crippen LogP contribution is -2.48. The highest BCUT2D eigenvalue weighted by Gasteiger charge is 2.49. The van der Waals surface area contributed by atoms with Crippen molar-refractivity contribution in [3.63, 3.8) is 0 Å². The molecule has 1 aromatic heterocycles. The quantitative estimate of drug-likeness (QED) is 0.269. The van der Waals surface area contributed by atoms with Gasteiger partial charge in [0.2, 0.25) is 0 Å². The Kier molecular flexibility index (Phi) is 6.21. The second-order valence-corrected chi connectivity index (χ2v) is 8.98. The molecule has 2 heterocycles. The highest BCUT2D eigenvalue weighted by molar-refractivity contribution is 9.10. The fourth-order valence-electron chi connectivity index (χ4n) is 4.11. The second-order valence-electron chi connectivity index (χ2n) is 8.12. The number of nitrogens with one attached hydrogen (secondary N) is 1. The molecule has 1 N–H and O–H groups in total. The molecule has 1 saturated heterocycles. The standard InChI is InChI=1S/C25H24BrNO6/c1-5-10-31-22-17(26)11-14(12-19(22)30-4)20(16-13-27-18-9-7-6-8-15(16)18)21-23(28)32-25(2,3)33-24(21)29/h5-9,11-13,20-21,27H,1,10H2,2-4H3/t20-/m0/s1. The molecule has 1 aliphatic rings. The number of benzene rings is 2. The summed E-state index contributed by atoms with van der Waals surface area (Å²) in [5.41, 5.74) is 2.30. The largest absolute Gasteiger partial charge is 0.493 e. The van der Waals surface area contributed by atoms with Gasteiger partial charge in [0.05, 0.1) is 11.6 Å². The molecule has 7 nitrogen and oxygen atoms in total. The molecule has 0 radical (unpaired) electrons. The zero-order valence-corrected chi connectivity index (χ0v) is 20.1. The summed E-state index contributed by atoms with van der Waals surface area (Å²) in [6.07, 6.45) is 3.43. The number of hydrogen-bond donors (Lipinski definition) is 1. The van der Waals surface area contributed by atoms with E-state index in [0.29, 0.717) is 21.5 Å². The average Bonchev–Trinajstić information content (AvgIpc) is 3.18. The van der Waals surface area contributed by atoms with E-state index in [1.807, 2.05) is 30.3 Å². The molecule has 0 unspecified atom stereocenters. The smallest absolute Gasteiger partial charge is 0.324 e. The number of H-pyrrole nitrogens is 1. The lowest BCUT2D eigenvalue weighted by Gasteiger charge is -2.36. The Bertz CT molecular complexity index is 1210. The number of cyclic esters (lactones) is 2. The van der Waals surface area contributed by atoms with E-state index in [0.717, 1.165) is 16.5 Å². The first-order valence-corrected chi connectivity index (χ1v) is 11.2. The summed E-state index contributed by atoms with van der Waals surface area (Å²) >= 11 is 3.54. The molecule has 1 aliphatic heterocycles. The van der Waals surface area contributed by atoms with Crippen molar-refractivity contribution in [2.75, 3.05) is 13.7 Å². The van der Waals surface area contributed by atoms with Crippen LogP contribution in [0, 0.1) is 5.92 Å². The van der Waals surface area contributed by atoms with Crippen LogP contribution in [0.15, 0.2) is 59.7 Å². The van der Waals surface area contributed by atoms with E-state index >= 15 is 0 Å². The number of hydrogen-bond acceptors (Lipinski definition) is 6. The molecular weight excluding hydrogens is 490 g/mol. The van der Waals surface area contributed by atoms with Gasteiger partial charge in [-0.3, -0.25) is 9.59 Å². The molecule has 0 saturated carbocycles. The van der Waals surface area contributed by atoms with Crippen LogP contribution < -0.4 is 9.47 Å². The predicted molar refractivity (Wildman–Crippen MR) is 126 cm³/mol. The molecule has 3 aromatic rings. The first-order chi connectivity index (χ1) is 15.8. The summed E-state index contributed by atoms with van der Waals surface area (Å²) in [6, 6.07) is 11.3. The molecule has 0 amide bonds. The number of rotatable bonds is 7. The van der Waals surface area contributed by atoms with E-state index < -0.39 is 29.6 Å². The third-order valence-corrected chi connectivity index (χ3v) is 6.04. The highest BCUT2D eigenvalue weighted by atomic mass is 79.9. The minimum absolute atomic E-state index is 0.288. The van der Waals surface area contributed by atoms with Crippen molar-refractivity contribution in [1.29, 1.82) is 0 Å². The minimum atomic E-state index is -1.32. The number of methoxy groups -OCH3 is 1. The van der Waals surface area contributed by atoms with Crippen molar-refractivity contribution >= 4 is 38.8 Å². The van der Waals surface area contributed by atoms with Gasteiger partial charge in [-0.2, -0.15) is 0 Å². The summed E-state index contributed by atoms with van der Waals surface area (Å²) in [6.45, 7) is 7.03. The number of esters is 2. The second kappa shape index (κ2) is 8.94. The number of carbonyl (C=O) groups excluding carboxylic acids is 2. The Balaban J connectivity index is 1.91. The van der Waals surface area contributed by atoms with Crippen molar-refractivity contribution in [2.45, 2.75) is 25.6 Å². The first-order valence-electron chi connectivity index (χ1n) is 10.4. The Morgan fingerprint density at radius 2 is 1.91 bits per heavy atom. The van der Waals surface area contributed by atoms with E-state index in [2.05, 4.69) is 27.5 Å². The predicted octanol–water partition coefficient (Wildman–Crippen LogP) is 5.09. The summed E-state index contributed by atoms with van der Waals surface area (Å²) < 4.78 is 22.8. The highest BCUT2D eigenvalue weighted by Crippen LogP contribution is 2.45. The van der Waals surface area contributed by atoms with Crippen LogP contribution in [0.25, 0.3) is 10.9 Å². The summed E-state index contributed by atoms with van der Waals surface area (Å²) in [5.74, 6) is -3.57. The van der Waals surface area contributed by atoms with Gasteiger partial charge in [0.15, 0.2) is 17.4 Å². The molecule has 172 valence electrons. The summed E-state index contributed by atoms with van der Waals surface area (Å²) in [5, 5.41) is 0.884. The molecule has 2 aromatic carbocycles. The Hall–Kier alpha value is -3.26. The van der Waals surface area contributed by atoms with Crippen LogP contribution in [0.4, 0.5) is 0 Å². The molecule has 0 spiro atoms. The zero-order valence-electron chi connectivity index (χ0n) is 18.5. The SMILES string of the molecule is C=CCOc1c(Br)cc([C@@H](c2c[nH]c3ccccc23)C2C(=O)OC(C)(C)OC2=O)cc1OC. The van der Waals surface area contributed by atoms with Crippen LogP contribution in [-0.4, -0.2) is 36.4 Å². The van der Waals surface area contributed by atoms with Crippen LogP contribution in [-0.2, 0) is 19.1 Å². The lowest BCUT2D eigenvalue weighted by atomic mass is 9.80. The maximum atomic E-state index is 13.1. The number of fused-ring (bicyclic) bond motifs is 1. The normalized spacial score (nSPS) is 16.7. The van der Waals surface area contributed by atoms with E-state index in [-0.39, 0.29) is 6.61 Å². The van der Waals surface area contributed by atoms with Crippen LogP contribution in [0.1, 0.15) is 30.9 Å². The van der Waals surface area contributed by atoms with Gasteiger partial charge in [-0.15, -0.1) is 0 Å². The van der Waals surface area contributed by atoms with Crippen molar-refractivity contribution in [3.05, 3.63) is 70.8 Å². The van der Waals surface area contributed by atoms with Gasteiger partial charge in [-0.05, 0) is 45.3 Å². The van der Waals surface area contributed by atoms with Crippen molar-refractivity contribution in [1.82, 2.24) is 4.98 Å². The molecule has 8 heteroatoms. The van der Waals surface area contributed by atoms with Crippen molar-refractivity contribution in [2.24, 2.45) is 5.92 Å². The van der Waals surface area contributed by atoms with E-state index in [9.17, 15) is 9.59 Å². The number of para-hydroxylation sites is 1. The number of ether oxygens (including phenoxy) is 4. The van der Waals surface area contributed by atoms with Gasteiger partial charge in [-0.25, -0.2) is 0 Å². The zero-order chi connectivity index (χ0) is 23.8. The minimum Gasteiger partial charge on any atom is -0.493 e. The summed E-state index contributed by atoms with van der Waals surface area (Å²) in [7, 11) is 1.53. The average molecular weight is 514 g/mol. The van der Waals surface area contributed by atoms with E-state index in [4.69, 9.17) is 18.9 Å². The maximum absolute atomic E-state index is 13.1. The molecular formula is C25H24BrNO6. The number of aromatic nitrogens is 1. The Labute approximate surface area is 199 Å². The Morgan fingerprint density at radius 3 is 2.58 bits per heavy atom. The third-order valence-electron chi connectivity index (χ3n) is 5.45. The van der Waals surface area contributed by atoms with Crippen LogP contribution in [0.2, 0.25) is 0 Å². The number of carbonyl (C=O) groups is 2. The topological polar surface area (TPSA) is 86.9 Å². The third kappa shape index (κ3) is 4.35. The monoisotopic (exact) mass is 513 g/mol. The van der Waals surface area contributed by atoms with Gasteiger partial charge in [-0.1, -0.05) is 30.9 Å². The van der Waals surface area contributed by atoms with Gasteiger partial charge in [0.25, 0.3) is 5.79 Å². The number of halogens is 1. The first kappa shape index (κ1) is 22.9. The summed E-state index contributed by atoms with van der Waals surface area (Å²) in [4.78, 5) is 29.4. The van der Waals surface area contributed by atoms with Crippen LogP contribution >= 0.6 is 15.9 Å². The molecule has 33 heavy (non-hydrogen) atoms. The fourth-order valence-corrected chi connectivity index (χ4v) is 4.68. The van der Waals surface area contributed by atoms with E-state index in [1.54, 1.807) is 18.3 Å². The van der Waals surface area contributed by atoms with Crippen molar-refractivity contribution in [3.8, 4) is 11.5 Å². The molecule has 1 atom stereocenters. The van der Waals surface area contributed by atoms with Crippen LogP contribution in [0.3, 0.4) is 0 Å². The maximum Gasteiger partial charge on any atom is 0.324 e. The molecule has 0 aliphatic carbocycles. The fraction of sp³-hybridized carbons (Fsp3) is 0.280. The van der Waals surface area contributed by atoms with Crippen molar-refractivity contribution < 1.29 is 28.5 Å². The lowest BCUT2D eigenvalue weighted by molar-refractivity contribution is -0.240.